The highest BCUT2D eigenvalue weighted by atomic mass is 19.4. The number of halogens is 3. The summed E-state index contributed by atoms with van der Waals surface area (Å²) in [5.74, 6) is 0.359. The van der Waals surface area contributed by atoms with Gasteiger partial charge in [-0.05, 0) is 31.5 Å². The van der Waals surface area contributed by atoms with Crippen LogP contribution >= 0.6 is 0 Å². The first-order chi connectivity index (χ1) is 11.6. The van der Waals surface area contributed by atoms with Gasteiger partial charge in [0.05, 0.1) is 5.56 Å². The molecule has 2 rings (SSSR count). The van der Waals surface area contributed by atoms with E-state index in [2.05, 4.69) is 20.8 Å². The van der Waals surface area contributed by atoms with Gasteiger partial charge in [0.15, 0.2) is 5.82 Å². The van der Waals surface area contributed by atoms with Crippen LogP contribution in [0.4, 0.5) is 35.2 Å². The Morgan fingerprint density at radius 2 is 1.92 bits per heavy atom. The zero-order valence-electron chi connectivity index (χ0n) is 14.4. The number of aryl methyl sites for hydroxylation is 1. The fourth-order valence-electron chi connectivity index (χ4n) is 2.36. The van der Waals surface area contributed by atoms with Gasteiger partial charge >= 0.3 is 12.2 Å². The van der Waals surface area contributed by atoms with E-state index in [1.54, 1.807) is 14.1 Å². The molecule has 0 saturated carbocycles. The second kappa shape index (κ2) is 7.04. The Balaban J connectivity index is 2.23. The largest absolute Gasteiger partial charge is 0.416 e. The minimum atomic E-state index is -4.51. The van der Waals surface area contributed by atoms with Gasteiger partial charge in [-0.25, -0.2) is 4.79 Å². The number of aromatic amines is 1. The molecule has 1 aromatic heterocycles. The van der Waals surface area contributed by atoms with Crippen LogP contribution in [0.1, 0.15) is 23.7 Å². The molecule has 0 unspecified atom stereocenters. The molecular weight excluding hydrogens is 335 g/mol. The molecule has 0 saturated heterocycles. The van der Waals surface area contributed by atoms with E-state index in [9.17, 15) is 18.0 Å². The quantitative estimate of drug-likeness (QED) is 0.776. The first-order valence-electron chi connectivity index (χ1n) is 7.63. The number of hydrogen-bond acceptors (Lipinski definition) is 3. The molecule has 0 aliphatic carbocycles. The first-order valence-corrected chi connectivity index (χ1v) is 7.63. The number of alkyl halides is 3. The summed E-state index contributed by atoms with van der Waals surface area (Å²) in [7, 11) is 3.25. The maximum Gasteiger partial charge on any atom is 0.416 e. The fourth-order valence-corrected chi connectivity index (χ4v) is 2.36. The average molecular weight is 355 g/mol. The van der Waals surface area contributed by atoms with E-state index in [1.165, 1.54) is 11.0 Å². The smallest absolute Gasteiger partial charge is 0.378 e. The Labute approximate surface area is 143 Å². The van der Waals surface area contributed by atoms with E-state index < -0.39 is 17.8 Å². The van der Waals surface area contributed by atoms with Crippen molar-refractivity contribution in [2.45, 2.75) is 26.4 Å². The summed E-state index contributed by atoms with van der Waals surface area (Å²) in [5.41, 5.74) is 1.20. The van der Waals surface area contributed by atoms with Crippen molar-refractivity contribution in [3.05, 3.63) is 35.0 Å². The van der Waals surface area contributed by atoms with Crippen LogP contribution in [0.25, 0.3) is 0 Å². The molecule has 0 fully saturated rings. The normalized spacial score (nSPS) is 11.3. The molecule has 3 N–H and O–H groups in total. The van der Waals surface area contributed by atoms with E-state index in [0.29, 0.717) is 17.9 Å². The van der Waals surface area contributed by atoms with Crippen LogP contribution < -0.4 is 15.5 Å². The predicted octanol–water partition coefficient (Wildman–Crippen LogP) is 4.01. The Hall–Kier alpha value is -2.71. The average Bonchev–Trinajstić information content (AvgIpc) is 2.85. The van der Waals surface area contributed by atoms with Gasteiger partial charge in [0.1, 0.15) is 0 Å². The van der Waals surface area contributed by atoms with Crippen LogP contribution in [-0.2, 0) is 12.6 Å². The molecule has 9 heteroatoms. The number of urea groups is 1. The van der Waals surface area contributed by atoms with Crippen molar-refractivity contribution in [3.8, 4) is 0 Å². The molecule has 1 aromatic carbocycles. The summed E-state index contributed by atoms with van der Waals surface area (Å²) in [5, 5.41) is 11.7. The number of carbonyl (C=O) groups is 1. The van der Waals surface area contributed by atoms with Crippen LogP contribution in [0.2, 0.25) is 0 Å². The number of anilines is 3. The minimum absolute atomic E-state index is 0.0429. The topological polar surface area (TPSA) is 73.1 Å². The molecule has 0 bridgehead atoms. The van der Waals surface area contributed by atoms with E-state index in [0.717, 1.165) is 23.4 Å². The molecule has 0 spiro atoms. The van der Waals surface area contributed by atoms with Gasteiger partial charge in [0, 0.05) is 36.7 Å². The van der Waals surface area contributed by atoms with Crippen molar-refractivity contribution < 1.29 is 18.0 Å². The number of rotatable bonds is 4. The summed E-state index contributed by atoms with van der Waals surface area (Å²) < 4.78 is 39.1. The number of hydrogen-bond donors (Lipinski definition) is 3. The molecule has 0 aliphatic rings. The van der Waals surface area contributed by atoms with Gasteiger partial charge in [-0.2, -0.15) is 18.3 Å². The lowest BCUT2D eigenvalue weighted by Gasteiger charge is -2.18. The SMILES string of the molecule is CCc1c(NC(=O)Nc2cc(N(C)C)cc(C(F)(F)F)c2)n[nH]c1C. The Morgan fingerprint density at radius 3 is 2.48 bits per heavy atom. The molecule has 0 aliphatic heterocycles. The predicted molar refractivity (Wildman–Crippen MR) is 91.1 cm³/mol. The maximum atomic E-state index is 13.0. The highest BCUT2D eigenvalue weighted by Crippen LogP contribution is 2.34. The third-order valence-electron chi connectivity index (χ3n) is 3.68. The summed E-state index contributed by atoms with van der Waals surface area (Å²) in [6, 6.07) is 2.72. The Morgan fingerprint density at radius 1 is 1.24 bits per heavy atom. The highest BCUT2D eigenvalue weighted by Gasteiger charge is 2.31. The first kappa shape index (κ1) is 18.6. The maximum absolute atomic E-state index is 13.0. The third kappa shape index (κ3) is 4.43. The number of nitrogens with zero attached hydrogens (tertiary/aromatic N) is 2. The zero-order chi connectivity index (χ0) is 18.8. The lowest BCUT2D eigenvalue weighted by atomic mass is 10.1. The van der Waals surface area contributed by atoms with Crippen molar-refractivity contribution in [1.29, 1.82) is 0 Å². The van der Waals surface area contributed by atoms with Crippen molar-refractivity contribution in [2.75, 3.05) is 29.6 Å². The summed E-state index contributed by atoms with van der Waals surface area (Å²) in [4.78, 5) is 13.7. The van der Waals surface area contributed by atoms with Gasteiger partial charge in [-0.15, -0.1) is 0 Å². The summed E-state index contributed by atoms with van der Waals surface area (Å²) in [6.07, 6.45) is -3.85. The summed E-state index contributed by atoms with van der Waals surface area (Å²) in [6.45, 7) is 3.74. The second-order valence-corrected chi connectivity index (χ2v) is 5.77. The number of aromatic nitrogens is 2. The van der Waals surface area contributed by atoms with Crippen LogP contribution in [0.5, 0.6) is 0 Å². The molecule has 0 radical (unpaired) electrons. The van der Waals surface area contributed by atoms with E-state index in [1.807, 2.05) is 13.8 Å². The number of H-pyrrole nitrogens is 1. The molecule has 2 amide bonds. The second-order valence-electron chi connectivity index (χ2n) is 5.77. The van der Waals surface area contributed by atoms with Gasteiger partial charge in [-0.3, -0.25) is 10.4 Å². The molecule has 0 atom stereocenters. The number of amides is 2. The van der Waals surface area contributed by atoms with E-state index >= 15 is 0 Å². The van der Waals surface area contributed by atoms with Crippen LogP contribution in [0.3, 0.4) is 0 Å². The molecule has 2 aromatic rings. The molecule has 1 heterocycles. The Kier molecular flexibility index (Phi) is 5.24. The Bertz CT molecular complexity index is 768. The molecule has 136 valence electrons. The summed E-state index contributed by atoms with van der Waals surface area (Å²) >= 11 is 0. The van der Waals surface area contributed by atoms with Gasteiger partial charge < -0.3 is 10.2 Å². The number of benzene rings is 1. The van der Waals surface area contributed by atoms with E-state index in [4.69, 9.17) is 0 Å². The third-order valence-corrected chi connectivity index (χ3v) is 3.68. The zero-order valence-corrected chi connectivity index (χ0v) is 14.4. The van der Waals surface area contributed by atoms with Crippen LogP contribution in [-0.4, -0.2) is 30.3 Å². The van der Waals surface area contributed by atoms with Gasteiger partial charge in [-0.1, -0.05) is 6.92 Å². The molecular formula is C16H20F3N5O. The lowest BCUT2D eigenvalue weighted by Crippen LogP contribution is -2.21. The van der Waals surface area contributed by atoms with Crippen molar-refractivity contribution >= 4 is 23.2 Å². The standard InChI is InChI=1S/C16H20F3N5O/c1-5-13-9(2)22-23-14(13)21-15(25)20-11-6-10(16(17,18)19)7-12(8-11)24(3)4/h6-8H,5H2,1-4H3,(H3,20,21,22,23,25). The van der Waals surface area contributed by atoms with Crippen molar-refractivity contribution in [2.24, 2.45) is 0 Å². The highest BCUT2D eigenvalue weighted by molar-refractivity contribution is 6.00. The minimum Gasteiger partial charge on any atom is -0.378 e. The van der Waals surface area contributed by atoms with Crippen LogP contribution in [0.15, 0.2) is 18.2 Å². The number of carbonyl (C=O) groups excluding carboxylic acids is 1. The monoisotopic (exact) mass is 355 g/mol. The molecule has 25 heavy (non-hydrogen) atoms. The van der Waals surface area contributed by atoms with Crippen molar-refractivity contribution in [3.63, 3.8) is 0 Å². The van der Waals surface area contributed by atoms with Gasteiger partial charge in [0.25, 0.3) is 0 Å². The van der Waals surface area contributed by atoms with E-state index in [-0.39, 0.29) is 5.69 Å². The lowest BCUT2D eigenvalue weighted by molar-refractivity contribution is -0.137. The fraction of sp³-hybridized carbons (Fsp3) is 0.375. The molecule has 6 nitrogen and oxygen atoms in total. The number of nitrogens with one attached hydrogen (secondary N) is 3. The van der Waals surface area contributed by atoms with Crippen molar-refractivity contribution in [1.82, 2.24) is 10.2 Å². The van der Waals surface area contributed by atoms with Gasteiger partial charge in [0.2, 0.25) is 0 Å². The van der Waals surface area contributed by atoms with Crippen LogP contribution in [0, 0.1) is 6.92 Å².